The third kappa shape index (κ3) is 6.47. The van der Waals surface area contributed by atoms with Gasteiger partial charge in [0.1, 0.15) is 11.5 Å². The minimum absolute atomic E-state index is 0.0959. The highest BCUT2D eigenvalue weighted by Crippen LogP contribution is 2.37. The lowest BCUT2D eigenvalue weighted by atomic mass is 10.1. The minimum atomic E-state index is -4.21. The van der Waals surface area contributed by atoms with Crippen LogP contribution >= 0.6 is 0 Å². The monoisotopic (exact) mass is 434 g/mol. The average Bonchev–Trinajstić information content (AvgIpc) is 2.72. The first-order valence-electron chi connectivity index (χ1n) is 10.1. The molecule has 0 amide bonds. The van der Waals surface area contributed by atoms with E-state index in [1.807, 2.05) is 35.2 Å². The molecule has 164 valence electrons. The third-order valence-electron chi connectivity index (χ3n) is 4.72. The second-order valence-electron chi connectivity index (χ2n) is 7.14. The summed E-state index contributed by atoms with van der Waals surface area (Å²) in [6.45, 7) is 5.58. The Morgan fingerprint density at radius 3 is 2.17 bits per heavy atom. The molecule has 2 aromatic rings. The fourth-order valence-corrected chi connectivity index (χ4v) is 3.80. The summed E-state index contributed by atoms with van der Waals surface area (Å²) < 4.78 is 30.6. The first-order valence-corrected chi connectivity index (χ1v) is 11.7. The summed E-state index contributed by atoms with van der Waals surface area (Å²) in [5.74, 6) is -1.12. The van der Waals surface area contributed by atoms with E-state index in [4.69, 9.17) is 9.88 Å². The van der Waals surface area contributed by atoms with E-state index in [0.717, 1.165) is 37.3 Å². The fourth-order valence-electron chi connectivity index (χ4n) is 3.08. The molecule has 2 aromatic carbocycles. The quantitative estimate of drug-likeness (QED) is 0.522. The van der Waals surface area contributed by atoms with Crippen molar-refractivity contribution in [1.29, 1.82) is 0 Å². The largest absolute Gasteiger partial charge is 0.485 e. The number of aromatic carboxylic acids is 1. The molecule has 0 fully saturated rings. The summed E-state index contributed by atoms with van der Waals surface area (Å²) >= 11 is 0. The summed E-state index contributed by atoms with van der Waals surface area (Å²) in [4.78, 5) is 13.4. The number of ether oxygens (including phenoxy) is 1. The zero-order chi connectivity index (χ0) is 22.1. The molecule has 30 heavy (non-hydrogen) atoms. The van der Waals surface area contributed by atoms with Crippen LogP contribution in [0.2, 0.25) is 0 Å². The molecule has 0 heterocycles. The number of carboxylic acids is 1. The van der Waals surface area contributed by atoms with Gasteiger partial charge in [-0.25, -0.2) is 18.4 Å². The van der Waals surface area contributed by atoms with Crippen LogP contribution in [0, 0.1) is 0 Å². The Balaban J connectivity index is 2.61. The van der Waals surface area contributed by atoms with Crippen molar-refractivity contribution in [2.45, 2.75) is 51.0 Å². The van der Waals surface area contributed by atoms with Gasteiger partial charge in [0, 0.05) is 13.1 Å². The smallest absolute Gasteiger partial charge is 0.335 e. The lowest BCUT2D eigenvalue weighted by Gasteiger charge is -2.28. The normalized spacial score (nSPS) is 11.3. The van der Waals surface area contributed by atoms with Gasteiger partial charge in [0.25, 0.3) is 0 Å². The van der Waals surface area contributed by atoms with Crippen molar-refractivity contribution in [1.82, 2.24) is 0 Å². The van der Waals surface area contributed by atoms with E-state index >= 15 is 0 Å². The van der Waals surface area contributed by atoms with Gasteiger partial charge in [-0.3, -0.25) is 0 Å². The van der Waals surface area contributed by atoms with Gasteiger partial charge in [0.05, 0.1) is 11.3 Å². The maximum Gasteiger partial charge on any atom is 0.335 e. The number of hydrogen-bond donors (Lipinski definition) is 2. The van der Waals surface area contributed by atoms with Gasteiger partial charge in [-0.15, -0.1) is 0 Å². The Morgan fingerprint density at radius 2 is 1.67 bits per heavy atom. The van der Waals surface area contributed by atoms with Crippen LogP contribution < -0.4 is 14.8 Å². The predicted molar refractivity (Wildman–Crippen MR) is 118 cm³/mol. The van der Waals surface area contributed by atoms with Crippen LogP contribution in [0.4, 0.5) is 5.69 Å². The zero-order valence-corrected chi connectivity index (χ0v) is 18.3. The van der Waals surface area contributed by atoms with Crippen molar-refractivity contribution in [2.75, 3.05) is 18.0 Å². The average molecular weight is 435 g/mol. The summed E-state index contributed by atoms with van der Waals surface area (Å²) in [5, 5.41) is 15.0. The summed E-state index contributed by atoms with van der Waals surface area (Å²) in [5.41, 5.74) is 1.16. The summed E-state index contributed by atoms with van der Waals surface area (Å²) in [7, 11) is -4.21. The Kier molecular flexibility index (Phi) is 8.68. The maximum atomic E-state index is 12.3. The molecular weight excluding hydrogens is 404 g/mol. The van der Waals surface area contributed by atoms with Crippen molar-refractivity contribution < 1.29 is 23.1 Å². The van der Waals surface area contributed by atoms with Crippen LogP contribution in [0.5, 0.6) is 5.75 Å². The molecule has 0 aliphatic carbocycles. The molecule has 0 unspecified atom stereocenters. The molecule has 0 spiro atoms. The molecule has 0 radical (unpaired) electrons. The molecule has 0 saturated heterocycles. The van der Waals surface area contributed by atoms with Gasteiger partial charge in [-0.05, 0) is 30.5 Å². The van der Waals surface area contributed by atoms with Crippen molar-refractivity contribution in [3.63, 3.8) is 0 Å². The first-order chi connectivity index (χ1) is 14.3. The van der Waals surface area contributed by atoms with E-state index in [1.165, 1.54) is 6.07 Å². The molecule has 8 heteroatoms. The number of primary sulfonamides is 1. The number of hydrogen-bond acceptors (Lipinski definition) is 5. The zero-order valence-electron chi connectivity index (χ0n) is 17.5. The highest BCUT2D eigenvalue weighted by molar-refractivity contribution is 7.89. The van der Waals surface area contributed by atoms with Crippen molar-refractivity contribution in [3.8, 4) is 5.75 Å². The van der Waals surface area contributed by atoms with E-state index in [-0.39, 0.29) is 22.8 Å². The minimum Gasteiger partial charge on any atom is -0.485 e. The molecule has 0 saturated carbocycles. The van der Waals surface area contributed by atoms with Crippen LogP contribution in [0.15, 0.2) is 47.4 Å². The highest BCUT2D eigenvalue weighted by atomic mass is 32.2. The Labute approximate surface area is 178 Å². The number of nitrogens with two attached hydrogens (primary N) is 1. The summed E-state index contributed by atoms with van der Waals surface area (Å²) in [6, 6.07) is 11.9. The maximum absolute atomic E-state index is 12.3. The molecule has 0 bridgehead atoms. The number of anilines is 1. The molecular formula is C22H30N2O5S. The van der Waals surface area contributed by atoms with Gasteiger partial charge in [-0.2, -0.15) is 0 Å². The van der Waals surface area contributed by atoms with Gasteiger partial charge in [-0.1, -0.05) is 57.0 Å². The number of sulfonamides is 1. The number of benzene rings is 2. The molecule has 0 atom stereocenters. The van der Waals surface area contributed by atoms with Crippen LogP contribution in [0.25, 0.3) is 0 Å². The standard InChI is InChI=1S/C22H30N2O5S/c1-3-5-12-24(13-6-4-2)19-14-18(22(25)26)15-20(30(23,27)28)21(19)29-16-17-10-8-7-9-11-17/h7-11,14-15H,3-6,12-13,16H2,1-2H3,(H,25,26)(H2,23,27,28). The molecule has 7 nitrogen and oxygen atoms in total. The van der Waals surface area contributed by atoms with E-state index in [2.05, 4.69) is 13.8 Å². The number of carboxylic acid groups (broad SMARTS) is 1. The van der Waals surface area contributed by atoms with E-state index in [1.54, 1.807) is 0 Å². The summed E-state index contributed by atoms with van der Waals surface area (Å²) in [6.07, 6.45) is 3.65. The fraction of sp³-hybridized carbons (Fsp3) is 0.409. The lowest BCUT2D eigenvalue weighted by molar-refractivity contribution is 0.0696. The van der Waals surface area contributed by atoms with Gasteiger partial charge >= 0.3 is 5.97 Å². The van der Waals surface area contributed by atoms with Crippen LogP contribution in [-0.4, -0.2) is 32.6 Å². The Morgan fingerprint density at radius 1 is 1.07 bits per heavy atom. The predicted octanol–water partition coefficient (Wildman–Crippen LogP) is 4.02. The van der Waals surface area contributed by atoms with E-state index in [0.29, 0.717) is 18.8 Å². The van der Waals surface area contributed by atoms with Gasteiger partial charge in [0.15, 0.2) is 5.75 Å². The van der Waals surface area contributed by atoms with Gasteiger partial charge in [0.2, 0.25) is 10.0 Å². The number of nitrogens with zero attached hydrogens (tertiary/aromatic N) is 1. The molecule has 0 aliphatic rings. The third-order valence-corrected chi connectivity index (χ3v) is 5.63. The Bertz CT molecular complexity index is 938. The second-order valence-corrected chi connectivity index (χ2v) is 8.67. The molecule has 0 aromatic heterocycles. The molecule has 2 rings (SSSR count). The van der Waals surface area contributed by atoms with Crippen LogP contribution in [0.3, 0.4) is 0 Å². The number of carbonyl (C=O) groups is 1. The Hall–Kier alpha value is -2.58. The van der Waals surface area contributed by atoms with E-state index in [9.17, 15) is 18.3 Å². The second kappa shape index (κ2) is 11.0. The SMILES string of the molecule is CCCCN(CCCC)c1cc(C(=O)O)cc(S(N)(=O)=O)c1OCc1ccccc1. The number of rotatable bonds is 12. The van der Waals surface area contributed by atoms with Crippen molar-refractivity contribution in [2.24, 2.45) is 5.14 Å². The van der Waals surface area contributed by atoms with Gasteiger partial charge < -0.3 is 14.7 Å². The highest BCUT2D eigenvalue weighted by Gasteiger charge is 2.25. The number of unbranched alkanes of at least 4 members (excludes halogenated alkanes) is 2. The molecule has 3 N–H and O–H groups in total. The molecule has 0 aliphatic heterocycles. The topological polar surface area (TPSA) is 110 Å². The van der Waals surface area contributed by atoms with Crippen LogP contribution in [0.1, 0.15) is 55.5 Å². The van der Waals surface area contributed by atoms with E-state index < -0.39 is 16.0 Å². The lowest BCUT2D eigenvalue weighted by Crippen LogP contribution is -2.27. The van der Waals surface area contributed by atoms with Crippen molar-refractivity contribution in [3.05, 3.63) is 53.6 Å². The van der Waals surface area contributed by atoms with Crippen molar-refractivity contribution >= 4 is 21.7 Å². The first kappa shape index (κ1) is 23.7. The van der Waals surface area contributed by atoms with Crippen LogP contribution in [-0.2, 0) is 16.6 Å².